The number of fused-ring (bicyclic) bond motifs is 3. The number of benzene rings is 2. The number of halogens is 1. The molecule has 144 valence electrons. The fourth-order valence-electron chi connectivity index (χ4n) is 2.58. The molecule has 0 unspecified atom stereocenters. The van der Waals surface area contributed by atoms with Crippen molar-refractivity contribution in [1.82, 2.24) is 9.97 Å². The first-order valence-electron chi connectivity index (χ1n) is 8.36. The second-order valence-corrected chi connectivity index (χ2v) is 9.97. The summed E-state index contributed by atoms with van der Waals surface area (Å²) in [5, 5.41) is 4.04. The Kier molecular flexibility index (Phi) is 5.22. The van der Waals surface area contributed by atoms with Gasteiger partial charge in [0, 0.05) is 5.02 Å². The molecule has 4 rings (SSSR count). The number of anilines is 1. The van der Waals surface area contributed by atoms with Crippen molar-refractivity contribution in [1.29, 1.82) is 0 Å². The Labute approximate surface area is 179 Å². The van der Waals surface area contributed by atoms with Gasteiger partial charge >= 0.3 is 0 Å². The zero-order valence-corrected chi connectivity index (χ0v) is 18.5. The highest BCUT2D eigenvalue weighted by Crippen LogP contribution is 2.38. The van der Waals surface area contributed by atoms with E-state index in [9.17, 15) is 4.79 Å². The van der Waals surface area contributed by atoms with Crippen LogP contribution in [0, 0.1) is 0 Å². The summed E-state index contributed by atoms with van der Waals surface area (Å²) in [7, 11) is 0. The van der Waals surface area contributed by atoms with Crippen molar-refractivity contribution in [3.8, 4) is 5.75 Å². The number of hydrogen-bond donors (Lipinski definition) is 1. The van der Waals surface area contributed by atoms with E-state index >= 15 is 0 Å². The predicted octanol–water partition coefficient (Wildman–Crippen LogP) is 6.08. The summed E-state index contributed by atoms with van der Waals surface area (Å²) in [5.41, 5.74) is 0.729. The number of aromatic nitrogens is 2. The zero-order valence-electron chi connectivity index (χ0n) is 15.3. The Balaban J connectivity index is 1.58. The Bertz CT molecular complexity index is 1170. The SMILES string of the molecule is CSc1nc2ccc3nc(NC(=O)C(C)(C)Oc4ccc(Cl)cc4)sc3c2s1. The maximum Gasteiger partial charge on any atom is 0.269 e. The fraction of sp³-hybridized carbons (Fsp3) is 0.211. The van der Waals surface area contributed by atoms with Crippen molar-refractivity contribution in [2.75, 3.05) is 11.6 Å². The van der Waals surface area contributed by atoms with E-state index < -0.39 is 5.60 Å². The van der Waals surface area contributed by atoms with Gasteiger partial charge in [0.05, 0.1) is 20.4 Å². The molecule has 0 fully saturated rings. The van der Waals surface area contributed by atoms with Crippen LogP contribution < -0.4 is 10.1 Å². The number of carbonyl (C=O) groups excluding carboxylic acids is 1. The van der Waals surface area contributed by atoms with Gasteiger partial charge in [0.15, 0.2) is 15.1 Å². The van der Waals surface area contributed by atoms with Gasteiger partial charge in [0.1, 0.15) is 5.75 Å². The number of nitrogens with zero attached hydrogens (tertiary/aromatic N) is 2. The molecule has 9 heteroatoms. The number of hydrogen-bond acceptors (Lipinski definition) is 7. The molecule has 1 N–H and O–H groups in total. The minimum Gasteiger partial charge on any atom is -0.478 e. The highest BCUT2D eigenvalue weighted by atomic mass is 35.5. The number of carbonyl (C=O) groups is 1. The Morgan fingerprint density at radius 1 is 1.07 bits per heavy atom. The van der Waals surface area contributed by atoms with E-state index in [0.717, 1.165) is 24.8 Å². The fourth-order valence-corrected chi connectivity index (χ4v) is 5.36. The summed E-state index contributed by atoms with van der Waals surface area (Å²) >= 11 is 10.6. The minimum absolute atomic E-state index is 0.271. The van der Waals surface area contributed by atoms with Gasteiger partial charge in [-0.25, -0.2) is 9.97 Å². The van der Waals surface area contributed by atoms with Crippen LogP contribution in [0.15, 0.2) is 40.7 Å². The number of nitrogens with one attached hydrogen (secondary N) is 1. The van der Waals surface area contributed by atoms with E-state index in [1.807, 2.05) is 18.4 Å². The van der Waals surface area contributed by atoms with Crippen LogP contribution in [0.1, 0.15) is 13.8 Å². The molecule has 0 aliphatic rings. The molecule has 0 saturated heterocycles. The standard InChI is InChI=1S/C19H16ClN3O2S3/c1-19(2,25-11-6-4-10(20)5-7-11)16(24)23-17-21-12-8-9-13-15(14(12)27-17)28-18(22-13)26-3/h4-9H,1-3H3,(H,21,23,24). The average Bonchev–Trinajstić information content (AvgIpc) is 3.26. The van der Waals surface area contributed by atoms with Gasteiger partial charge in [-0.2, -0.15) is 0 Å². The van der Waals surface area contributed by atoms with Gasteiger partial charge in [-0.15, -0.1) is 11.3 Å². The van der Waals surface area contributed by atoms with Gasteiger partial charge in [-0.1, -0.05) is 34.7 Å². The molecule has 0 aliphatic carbocycles. The van der Waals surface area contributed by atoms with Gasteiger partial charge in [0.2, 0.25) is 0 Å². The highest BCUT2D eigenvalue weighted by Gasteiger charge is 2.31. The zero-order chi connectivity index (χ0) is 19.9. The molecule has 4 aromatic rings. The molecule has 1 amide bonds. The Morgan fingerprint density at radius 2 is 1.71 bits per heavy atom. The molecular formula is C19H16ClN3O2S3. The molecule has 0 spiro atoms. The van der Waals surface area contributed by atoms with E-state index in [-0.39, 0.29) is 5.91 Å². The minimum atomic E-state index is -1.07. The molecular weight excluding hydrogens is 434 g/mol. The molecule has 28 heavy (non-hydrogen) atoms. The number of rotatable bonds is 5. The van der Waals surface area contributed by atoms with Crippen LogP contribution in [-0.4, -0.2) is 27.7 Å². The van der Waals surface area contributed by atoms with Gasteiger partial charge in [0.25, 0.3) is 5.91 Å². The third kappa shape index (κ3) is 3.82. The van der Waals surface area contributed by atoms with E-state index in [1.54, 1.807) is 61.2 Å². The summed E-state index contributed by atoms with van der Waals surface area (Å²) in [5.74, 6) is 0.302. The topological polar surface area (TPSA) is 64.1 Å². The van der Waals surface area contributed by atoms with Crippen molar-refractivity contribution in [2.45, 2.75) is 23.8 Å². The summed E-state index contributed by atoms with van der Waals surface area (Å²) in [6.07, 6.45) is 2.01. The normalized spacial score (nSPS) is 11.9. The monoisotopic (exact) mass is 449 g/mol. The summed E-state index contributed by atoms with van der Waals surface area (Å²) in [6.45, 7) is 3.44. The highest BCUT2D eigenvalue weighted by molar-refractivity contribution is 8.00. The van der Waals surface area contributed by atoms with Crippen molar-refractivity contribution >= 4 is 77.5 Å². The van der Waals surface area contributed by atoms with E-state index in [1.165, 1.54) is 11.3 Å². The molecule has 0 radical (unpaired) electrons. The second kappa shape index (κ2) is 7.51. The molecule has 2 heterocycles. The Morgan fingerprint density at radius 3 is 2.39 bits per heavy atom. The number of ether oxygens (including phenoxy) is 1. The molecule has 0 bridgehead atoms. The summed E-state index contributed by atoms with van der Waals surface area (Å²) in [4.78, 5) is 21.9. The second-order valence-electron chi connectivity index (χ2n) is 6.49. The van der Waals surface area contributed by atoms with Gasteiger partial charge in [-0.05, 0) is 56.5 Å². The molecule has 0 aliphatic heterocycles. The molecule has 5 nitrogen and oxygen atoms in total. The lowest BCUT2D eigenvalue weighted by atomic mass is 10.1. The van der Waals surface area contributed by atoms with Crippen LogP contribution in [0.3, 0.4) is 0 Å². The van der Waals surface area contributed by atoms with Gasteiger partial charge in [-0.3, -0.25) is 10.1 Å². The van der Waals surface area contributed by atoms with Gasteiger partial charge < -0.3 is 4.74 Å². The summed E-state index contributed by atoms with van der Waals surface area (Å²) in [6, 6.07) is 10.8. The van der Waals surface area contributed by atoms with Crippen LogP contribution in [0.2, 0.25) is 5.02 Å². The first-order valence-corrected chi connectivity index (χ1v) is 11.6. The van der Waals surface area contributed by atoms with Crippen LogP contribution in [0.25, 0.3) is 20.4 Å². The van der Waals surface area contributed by atoms with Crippen LogP contribution in [-0.2, 0) is 4.79 Å². The largest absolute Gasteiger partial charge is 0.478 e. The van der Waals surface area contributed by atoms with Crippen LogP contribution >= 0.6 is 46.0 Å². The lowest BCUT2D eigenvalue weighted by Crippen LogP contribution is -2.42. The quantitative estimate of drug-likeness (QED) is 0.374. The van der Waals surface area contributed by atoms with Crippen molar-refractivity contribution in [3.05, 3.63) is 41.4 Å². The Hall–Kier alpha value is -1.87. The lowest BCUT2D eigenvalue weighted by molar-refractivity contribution is -0.128. The first-order chi connectivity index (χ1) is 13.4. The summed E-state index contributed by atoms with van der Waals surface area (Å²) < 4.78 is 8.99. The smallest absolute Gasteiger partial charge is 0.269 e. The maximum absolute atomic E-state index is 12.8. The third-order valence-corrected chi connectivity index (χ3v) is 7.48. The average molecular weight is 450 g/mol. The van der Waals surface area contributed by atoms with Crippen molar-refractivity contribution in [2.24, 2.45) is 0 Å². The number of amides is 1. The molecule has 0 saturated carbocycles. The van der Waals surface area contributed by atoms with Crippen LogP contribution in [0.5, 0.6) is 5.75 Å². The predicted molar refractivity (Wildman–Crippen MR) is 119 cm³/mol. The van der Waals surface area contributed by atoms with Crippen LogP contribution in [0.4, 0.5) is 5.13 Å². The van der Waals surface area contributed by atoms with Crippen molar-refractivity contribution < 1.29 is 9.53 Å². The van der Waals surface area contributed by atoms with E-state index in [4.69, 9.17) is 16.3 Å². The molecule has 0 atom stereocenters. The number of thiazole rings is 2. The molecule has 2 aromatic carbocycles. The number of thioether (sulfide) groups is 1. The van der Waals surface area contributed by atoms with E-state index in [0.29, 0.717) is 15.9 Å². The van der Waals surface area contributed by atoms with E-state index in [2.05, 4.69) is 15.3 Å². The first kappa shape index (κ1) is 19.4. The maximum atomic E-state index is 12.8. The molecule has 2 aromatic heterocycles. The lowest BCUT2D eigenvalue weighted by Gasteiger charge is -2.24. The van der Waals surface area contributed by atoms with Crippen molar-refractivity contribution in [3.63, 3.8) is 0 Å². The third-order valence-electron chi connectivity index (χ3n) is 4.02.